The van der Waals surface area contributed by atoms with Crippen molar-refractivity contribution >= 4 is 34.0 Å². The van der Waals surface area contributed by atoms with Crippen LogP contribution in [0.15, 0.2) is 45.6 Å². The second-order valence-electron chi connectivity index (χ2n) is 11.4. The molecule has 38 heavy (non-hydrogen) atoms. The molecule has 0 radical (unpaired) electrons. The number of nitrogens with one attached hydrogen (secondary N) is 2. The number of thiophene rings is 1. The first kappa shape index (κ1) is 29.3. The van der Waals surface area contributed by atoms with Crippen LogP contribution in [0.5, 0.6) is 0 Å². The third-order valence-corrected chi connectivity index (χ3v) is 7.03. The molecule has 204 valence electrons. The van der Waals surface area contributed by atoms with Gasteiger partial charge in [-0.15, -0.1) is 11.3 Å². The highest BCUT2D eigenvalue weighted by Crippen LogP contribution is 2.26. The van der Waals surface area contributed by atoms with Gasteiger partial charge < -0.3 is 15.1 Å². The number of benzene rings is 1. The Bertz CT molecular complexity index is 1320. The van der Waals surface area contributed by atoms with Crippen LogP contribution in [-0.2, 0) is 11.3 Å². The van der Waals surface area contributed by atoms with Gasteiger partial charge in [-0.3, -0.25) is 9.69 Å². The van der Waals surface area contributed by atoms with Crippen molar-refractivity contribution in [3.8, 4) is 6.07 Å². The van der Waals surface area contributed by atoms with E-state index in [0.29, 0.717) is 41.5 Å². The van der Waals surface area contributed by atoms with Gasteiger partial charge in [-0.25, -0.2) is 4.79 Å². The third kappa shape index (κ3) is 8.40. The summed E-state index contributed by atoms with van der Waals surface area (Å²) in [5.74, 6) is -0.704. The van der Waals surface area contributed by atoms with Crippen molar-refractivity contribution in [3.63, 3.8) is 0 Å². The van der Waals surface area contributed by atoms with Crippen molar-refractivity contribution in [2.45, 2.75) is 78.9 Å². The first-order chi connectivity index (χ1) is 17.9. The number of hydrogen-bond acceptors (Lipinski definition) is 8. The van der Waals surface area contributed by atoms with Crippen LogP contribution in [0.4, 0.5) is 5.82 Å². The van der Waals surface area contributed by atoms with Crippen LogP contribution in [0.2, 0.25) is 0 Å². The van der Waals surface area contributed by atoms with Gasteiger partial charge in [0.2, 0.25) is 5.91 Å². The molecule has 1 saturated heterocycles. The average molecular weight is 538 g/mol. The van der Waals surface area contributed by atoms with Crippen molar-refractivity contribution in [1.82, 2.24) is 15.2 Å². The molecule has 1 aromatic carbocycles. The lowest BCUT2D eigenvalue weighted by Gasteiger charge is -2.38. The summed E-state index contributed by atoms with van der Waals surface area (Å²) in [7, 11) is 0. The van der Waals surface area contributed by atoms with E-state index in [1.807, 2.05) is 13.0 Å². The van der Waals surface area contributed by atoms with Crippen LogP contribution < -0.4 is 16.4 Å². The molecule has 1 amide bonds. The summed E-state index contributed by atoms with van der Waals surface area (Å²) in [4.78, 5) is 33.8. The average Bonchev–Trinajstić information content (AvgIpc) is 3.26. The number of hydrogen-bond donors (Lipinski definition) is 2. The summed E-state index contributed by atoms with van der Waals surface area (Å²) in [5.41, 5.74) is -0.00345. The van der Waals surface area contributed by atoms with Crippen molar-refractivity contribution in [3.05, 3.63) is 56.7 Å². The van der Waals surface area contributed by atoms with Crippen LogP contribution in [0.1, 0.15) is 63.6 Å². The molecule has 3 heterocycles. The lowest BCUT2D eigenvalue weighted by Crippen LogP contribution is -2.57. The molecule has 1 aliphatic rings. The number of para-hydroxylation sites is 1. The van der Waals surface area contributed by atoms with E-state index in [1.165, 1.54) is 9.75 Å². The third-order valence-electron chi connectivity index (χ3n) is 6.04. The van der Waals surface area contributed by atoms with Crippen LogP contribution >= 0.6 is 11.3 Å². The maximum Gasteiger partial charge on any atom is 0.441 e. The Hall–Kier alpha value is -3.22. The standard InChI is InChI=1S/C24H27N5O3S.C5H12/c1-3-19(26-21-18-6-4-5-7-20(18)32-23(31)27-21)22(30)28-24(15-25)10-12-29(13-11-24)14-17-9-8-16(2)33-17;1-5(2,3)4/h4-9,19H,3,10-14H2,1-2H3,(H,28,30)(H,26,27,31);1-4H3. The van der Waals surface area contributed by atoms with E-state index in [1.54, 1.807) is 29.5 Å². The van der Waals surface area contributed by atoms with Crippen LogP contribution in [0, 0.1) is 23.7 Å². The summed E-state index contributed by atoms with van der Waals surface area (Å²) < 4.78 is 5.13. The fourth-order valence-corrected chi connectivity index (χ4v) is 5.05. The topological polar surface area (TPSA) is 111 Å². The van der Waals surface area contributed by atoms with Crippen molar-refractivity contribution in [2.24, 2.45) is 5.41 Å². The number of nitrogens with zero attached hydrogens (tertiary/aromatic N) is 3. The maximum absolute atomic E-state index is 13.1. The molecule has 2 N–H and O–H groups in total. The summed E-state index contributed by atoms with van der Waals surface area (Å²) in [6.07, 6.45) is 1.59. The molecule has 9 heteroatoms. The van der Waals surface area contributed by atoms with E-state index >= 15 is 0 Å². The molecule has 0 spiro atoms. The molecule has 0 bridgehead atoms. The second kappa shape index (κ2) is 12.5. The zero-order valence-electron chi connectivity index (χ0n) is 23.3. The smallest absolute Gasteiger partial charge is 0.408 e. The number of nitriles is 1. The van der Waals surface area contributed by atoms with E-state index < -0.39 is 17.3 Å². The van der Waals surface area contributed by atoms with Gasteiger partial charge >= 0.3 is 5.76 Å². The number of fused-ring (bicyclic) bond motifs is 1. The SMILES string of the molecule is CC(C)(C)C.CCC(Nc1nc(=O)oc2ccccc12)C(=O)NC1(C#N)CCN(Cc2ccc(C)s2)CC1. The predicted octanol–water partition coefficient (Wildman–Crippen LogP) is 5.48. The zero-order valence-corrected chi connectivity index (χ0v) is 24.1. The molecule has 1 unspecified atom stereocenters. The van der Waals surface area contributed by atoms with E-state index in [9.17, 15) is 14.9 Å². The summed E-state index contributed by atoms with van der Waals surface area (Å²) >= 11 is 1.79. The number of aryl methyl sites for hydroxylation is 1. The molecule has 2 aromatic heterocycles. The number of aromatic nitrogens is 1. The zero-order chi connectivity index (χ0) is 27.9. The van der Waals surface area contributed by atoms with Crippen molar-refractivity contribution in [2.75, 3.05) is 18.4 Å². The summed E-state index contributed by atoms with van der Waals surface area (Å²) in [6.45, 7) is 15.1. The lowest BCUT2D eigenvalue weighted by atomic mass is 9.88. The number of anilines is 1. The maximum atomic E-state index is 13.1. The van der Waals surface area contributed by atoms with Gasteiger partial charge in [0.05, 0.1) is 11.5 Å². The molecular formula is C29H39N5O3S. The fraction of sp³-hybridized carbons (Fsp3) is 0.517. The molecule has 0 saturated carbocycles. The Labute approximate surface area is 229 Å². The van der Waals surface area contributed by atoms with Gasteiger partial charge in [-0.1, -0.05) is 46.8 Å². The summed E-state index contributed by atoms with van der Waals surface area (Å²) in [6, 6.07) is 13.0. The Balaban J connectivity index is 0.000000732. The first-order valence-electron chi connectivity index (χ1n) is 13.1. The molecule has 1 fully saturated rings. The lowest BCUT2D eigenvalue weighted by molar-refractivity contribution is -0.123. The fourth-order valence-electron chi connectivity index (χ4n) is 4.12. The Morgan fingerprint density at radius 2 is 1.87 bits per heavy atom. The Kier molecular flexibility index (Phi) is 9.69. The van der Waals surface area contributed by atoms with Crippen molar-refractivity contribution in [1.29, 1.82) is 5.26 Å². The normalized spacial score (nSPS) is 16.1. The van der Waals surface area contributed by atoms with E-state index in [2.05, 4.69) is 73.3 Å². The number of amides is 1. The minimum atomic E-state index is -0.904. The monoisotopic (exact) mass is 537 g/mol. The van der Waals surface area contributed by atoms with Gasteiger partial charge in [0, 0.05) is 29.4 Å². The van der Waals surface area contributed by atoms with Crippen LogP contribution in [0.3, 0.4) is 0 Å². The Morgan fingerprint density at radius 1 is 1.21 bits per heavy atom. The van der Waals surface area contributed by atoms with Gasteiger partial charge in [-0.05, 0) is 55.9 Å². The number of carbonyl (C=O) groups is 1. The van der Waals surface area contributed by atoms with Gasteiger partial charge in [0.1, 0.15) is 23.0 Å². The molecule has 4 rings (SSSR count). The number of piperidine rings is 1. The second-order valence-corrected chi connectivity index (χ2v) is 12.8. The number of carbonyl (C=O) groups excluding carboxylic acids is 1. The highest BCUT2D eigenvalue weighted by Gasteiger charge is 2.37. The summed E-state index contributed by atoms with van der Waals surface area (Å²) in [5, 5.41) is 16.6. The molecule has 3 aromatic rings. The molecule has 1 aliphatic heterocycles. The van der Waals surface area contributed by atoms with Gasteiger partial charge in [0.25, 0.3) is 0 Å². The number of rotatable bonds is 7. The minimum absolute atomic E-state index is 0.277. The Morgan fingerprint density at radius 3 is 2.45 bits per heavy atom. The predicted molar refractivity (Wildman–Crippen MR) is 153 cm³/mol. The first-order valence-corrected chi connectivity index (χ1v) is 13.9. The quantitative estimate of drug-likeness (QED) is 0.411. The van der Waals surface area contributed by atoms with Crippen LogP contribution in [-0.4, -0.2) is 40.5 Å². The number of likely N-dealkylation sites (tertiary alicyclic amines) is 1. The van der Waals surface area contributed by atoms with Crippen molar-refractivity contribution < 1.29 is 9.21 Å². The highest BCUT2D eigenvalue weighted by atomic mass is 32.1. The van der Waals surface area contributed by atoms with E-state index in [0.717, 1.165) is 19.6 Å². The van der Waals surface area contributed by atoms with Gasteiger partial charge in [0.15, 0.2) is 0 Å². The molecule has 0 aliphatic carbocycles. The largest absolute Gasteiger partial charge is 0.441 e. The molecule has 1 atom stereocenters. The van der Waals surface area contributed by atoms with E-state index in [4.69, 9.17) is 4.42 Å². The highest BCUT2D eigenvalue weighted by molar-refractivity contribution is 7.11. The van der Waals surface area contributed by atoms with Crippen LogP contribution in [0.25, 0.3) is 11.0 Å². The minimum Gasteiger partial charge on any atom is -0.408 e. The molecular weight excluding hydrogens is 498 g/mol. The van der Waals surface area contributed by atoms with Gasteiger partial charge in [-0.2, -0.15) is 10.2 Å². The molecule has 8 nitrogen and oxygen atoms in total. The van der Waals surface area contributed by atoms with E-state index in [-0.39, 0.29) is 5.91 Å².